The summed E-state index contributed by atoms with van der Waals surface area (Å²) in [4.78, 5) is 6.85. The van der Waals surface area contributed by atoms with Crippen LogP contribution in [0.5, 0.6) is 0 Å². The number of nitrogens with zero attached hydrogens (tertiary/aromatic N) is 2. The van der Waals surface area contributed by atoms with Gasteiger partial charge in [-0.2, -0.15) is 0 Å². The predicted molar refractivity (Wildman–Crippen MR) is 111 cm³/mol. The summed E-state index contributed by atoms with van der Waals surface area (Å²) in [5, 5.41) is 3.98. The van der Waals surface area contributed by atoms with E-state index in [0.717, 1.165) is 19.4 Å². The monoisotopic (exact) mass is 429 g/mol. The zero-order chi connectivity index (χ0) is 17.9. The summed E-state index contributed by atoms with van der Waals surface area (Å²) < 4.78 is 6.95. The van der Waals surface area contributed by atoms with Gasteiger partial charge in [0, 0.05) is 11.0 Å². The fourth-order valence-electron chi connectivity index (χ4n) is 3.42. The number of fused-ring (bicyclic) bond motifs is 1. The minimum Gasteiger partial charge on any atom is -0.463 e. The average molecular weight is 430 g/mol. The van der Waals surface area contributed by atoms with Crippen molar-refractivity contribution in [2.45, 2.75) is 25.4 Å². The van der Waals surface area contributed by atoms with E-state index in [1.807, 2.05) is 23.1 Å². The lowest BCUT2D eigenvalue weighted by Gasteiger charge is -2.19. The first-order chi connectivity index (χ1) is 12.7. The molecule has 1 aliphatic carbocycles. The molecule has 134 valence electrons. The maximum absolute atomic E-state index is 5.78. The summed E-state index contributed by atoms with van der Waals surface area (Å²) in [5.41, 5.74) is 3.84. The molecule has 2 aromatic rings. The normalized spacial score (nSPS) is 20.1. The van der Waals surface area contributed by atoms with Crippen molar-refractivity contribution in [1.82, 2.24) is 10.2 Å². The molecular weight excluding hydrogens is 410 g/mol. The number of hydrogen-bond donors (Lipinski definition) is 1. The molecular formula is C20H20BrN3OS. The average Bonchev–Trinajstić information content (AvgIpc) is 3.29. The Morgan fingerprint density at radius 3 is 2.92 bits per heavy atom. The van der Waals surface area contributed by atoms with Gasteiger partial charge in [-0.3, -0.25) is 4.90 Å². The molecule has 1 fully saturated rings. The van der Waals surface area contributed by atoms with Gasteiger partial charge in [0.1, 0.15) is 6.61 Å². The summed E-state index contributed by atoms with van der Waals surface area (Å²) in [6, 6.07) is 17.3. The van der Waals surface area contributed by atoms with Gasteiger partial charge in [-0.1, -0.05) is 58.4 Å². The largest absolute Gasteiger partial charge is 0.463 e. The SMILES string of the molecule is S=C(NCc1ccccc1)N1CCOC1=NC1CCc2c(Br)cccc21. The van der Waals surface area contributed by atoms with Crippen LogP contribution in [0.1, 0.15) is 29.2 Å². The van der Waals surface area contributed by atoms with E-state index in [1.165, 1.54) is 21.2 Å². The standard InChI is InChI=1S/C20H20BrN3OS/c21-17-8-4-7-16-15(17)9-10-18(16)23-19-24(11-12-25-19)20(26)22-13-14-5-2-1-3-6-14/h1-8,18H,9-13H2,(H,22,26). The Kier molecular flexibility index (Phi) is 5.22. The van der Waals surface area contributed by atoms with Crippen molar-refractivity contribution in [2.24, 2.45) is 4.99 Å². The van der Waals surface area contributed by atoms with Crippen molar-refractivity contribution in [3.05, 3.63) is 69.7 Å². The van der Waals surface area contributed by atoms with Crippen LogP contribution in [-0.2, 0) is 17.7 Å². The van der Waals surface area contributed by atoms with Gasteiger partial charge in [-0.15, -0.1) is 0 Å². The van der Waals surface area contributed by atoms with Gasteiger partial charge in [0.2, 0.25) is 0 Å². The van der Waals surface area contributed by atoms with Crippen LogP contribution >= 0.6 is 28.1 Å². The number of nitrogens with one attached hydrogen (secondary N) is 1. The molecule has 1 atom stereocenters. The first-order valence-electron chi connectivity index (χ1n) is 8.79. The van der Waals surface area contributed by atoms with E-state index < -0.39 is 0 Å². The zero-order valence-corrected chi connectivity index (χ0v) is 16.7. The van der Waals surface area contributed by atoms with E-state index in [0.29, 0.717) is 24.3 Å². The summed E-state index contributed by atoms with van der Waals surface area (Å²) in [6.07, 6.45) is 2.04. The van der Waals surface area contributed by atoms with Crippen molar-refractivity contribution in [2.75, 3.05) is 13.2 Å². The Morgan fingerprint density at radius 1 is 1.23 bits per heavy atom. The molecule has 0 bridgehead atoms. The second-order valence-corrected chi connectivity index (χ2v) is 7.66. The van der Waals surface area contributed by atoms with Crippen LogP contribution in [0.3, 0.4) is 0 Å². The molecule has 1 aliphatic heterocycles. The van der Waals surface area contributed by atoms with Gasteiger partial charge in [0.05, 0.1) is 12.6 Å². The number of hydrogen-bond acceptors (Lipinski definition) is 3. The van der Waals surface area contributed by atoms with E-state index >= 15 is 0 Å². The van der Waals surface area contributed by atoms with Crippen molar-refractivity contribution in [3.8, 4) is 0 Å². The van der Waals surface area contributed by atoms with Crippen LogP contribution in [-0.4, -0.2) is 29.2 Å². The molecule has 1 saturated heterocycles. The van der Waals surface area contributed by atoms with Crippen LogP contribution in [0.4, 0.5) is 0 Å². The Bertz CT molecular complexity index is 840. The highest BCUT2D eigenvalue weighted by molar-refractivity contribution is 9.10. The van der Waals surface area contributed by atoms with E-state index in [4.69, 9.17) is 21.9 Å². The zero-order valence-electron chi connectivity index (χ0n) is 14.3. The lowest BCUT2D eigenvalue weighted by Crippen LogP contribution is -2.40. The highest BCUT2D eigenvalue weighted by atomic mass is 79.9. The molecule has 1 N–H and O–H groups in total. The Balaban J connectivity index is 1.46. The molecule has 1 heterocycles. The summed E-state index contributed by atoms with van der Waals surface area (Å²) in [6.45, 7) is 2.05. The molecule has 0 radical (unpaired) electrons. The Labute approximate surface area is 167 Å². The quantitative estimate of drug-likeness (QED) is 0.741. The minimum atomic E-state index is 0.134. The van der Waals surface area contributed by atoms with Crippen LogP contribution < -0.4 is 5.32 Å². The maximum atomic E-state index is 5.78. The molecule has 0 saturated carbocycles. The summed E-state index contributed by atoms with van der Waals surface area (Å²) >= 11 is 9.22. The van der Waals surface area contributed by atoms with Gasteiger partial charge in [0.15, 0.2) is 5.11 Å². The Morgan fingerprint density at radius 2 is 2.08 bits per heavy atom. The van der Waals surface area contributed by atoms with Gasteiger partial charge in [0.25, 0.3) is 6.02 Å². The minimum absolute atomic E-state index is 0.134. The highest BCUT2D eigenvalue weighted by Gasteiger charge is 2.29. The second kappa shape index (κ2) is 7.76. The lowest BCUT2D eigenvalue weighted by molar-refractivity contribution is 0.348. The van der Waals surface area contributed by atoms with Crippen LogP contribution in [0.25, 0.3) is 0 Å². The number of benzene rings is 2. The fourth-order valence-corrected chi connectivity index (χ4v) is 4.24. The smallest absolute Gasteiger partial charge is 0.294 e. The summed E-state index contributed by atoms with van der Waals surface area (Å²) in [5.74, 6) is 0. The molecule has 0 aromatic heterocycles. The molecule has 6 heteroatoms. The first kappa shape index (κ1) is 17.5. The molecule has 0 spiro atoms. The number of rotatable bonds is 3. The van der Waals surface area contributed by atoms with Crippen LogP contribution in [0, 0.1) is 0 Å². The molecule has 4 rings (SSSR count). The predicted octanol–water partition coefficient (Wildman–Crippen LogP) is 4.20. The molecule has 2 aliphatic rings. The number of ether oxygens (including phenoxy) is 1. The number of aliphatic imine (C=N–C) groups is 1. The Hall–Kier alpha value is -1.92. The number of thiocarbonyl (C=S) groups is 1. The van der Waals surface area contributed by atoms with Crippen LogP contribution in [0.15, 0.2) is 58.0 Å². The number of halogens is 1. The van der Waals surface area contributed by atoms with E-state index in [1.54, 1.807) is 0 Å². The molecule has 1 unspecified atom stereocenters. The van der Waals surface area contributed by atoms with Crippen molar-refractivity contribution in [1.29, 1.82) is 0 Å². The van der Waals surface area contributed by atoms with Crippen molar-refractivity contribution < 1.29 is 4.74 Å². The maximum Gasteiger partial charge on any atom is 0.294 e. The van der Waals surface area contributed by atoms with E-state index in [2.05, 4.69) is 51.6 Å². The molecule has 0 amide bonds. The topological polar surface area (TPSA) is 36.9 Å². The molecule has 4 nitrogen and oxygen atoms in total. The van der Waals surface area contributed by atoms with Crippen molar-refractivity contribution >= 4 is 39.3 Å². The van der Waals surface area contributed by atoms with Gasteiger partial charge in [-0.05, 0) is 47.8 Å². The number of amidine groups is 1. The third-order valence-corrected chi connectivity index (χ3v) is 5.86. The van der Waals surface area contributed by atoms with E-state index in [9.17, 15) is 0 Å². The highest BCUT2D eigenvalue weighted by Crippen LogP contribution is 2.38. The first-order valence-corrected chi connectivity index (χ1v) is 9.99. The lowest BCUT2D eigenvalue weighted by atomic mass is 10.1. The van der Waals surface area contributed by atoms with Gasteiger partial charge in [-0.25, -0.2) is 4.99 Å². The molecule has 26 heavy (non-hydrogen) atoms. The van der Waals surface area contributed by atoms with Gasteiger partial charge < -0.3 is 10.1 Å². The second-order valence-electron chi connectivity index (χ2n) is 6.42. The molecule has 2 aromatic carbocycles. The third-order valence-electron chi connectivity index (χ3n) is 4.76. The summed E-state index contributed by atoms with van der Waals surface area (Å²) in [7, 11) is 0. The third kappa shape index (κ3) is 3.62. The van der Waals surface area contributed by atoms with E-state index in [-0.39, 0.29) is 6.04 Å². The van der Waals surface area contributed by atoms with Gasteiger partial charge >= 0.3 is 0 Å². The van der Waals surface area contributed by atoms with Crippen molar-refractivity contribution in [3.63, 3.8) is 0 Å². The fraction of sp³-hybridized carbons (Fsp3) is 0.300. The van der Waals surface area contributed by atoms with Crippen LogP contribution in [0.2, 0.25) is 0 Å².